The van der Waals surface area contributed by atoms with Gasteiger partial charge < -0.3 is 20.5 Å². The third-order valence-electron chi connectivity index (χ3n) is 3.32. The van der Waals surface area contributed by atoms with Crippen LogP contribution in [-0.2, 0) is 14.3 Å². The first-order valence-electron chi connectivity index (χ1n) is 6.68. The topological polar surface area (TPSA) is 105 Å². The lowest BCUT2D eigenvalue weighted by molar-refractivity contribution is -0.142. The lowest BCUT2D eigenvalue weighted by Crippen LogP contribution is -2.49. The van der Waals surface area contributed by atoms with Crippen molar-refractivity contribution in [2.24, 2.45) is 5.92 Å². The Morgan fingerprint density at radius 2 is 1.80 bits per heavy atom. The van der Waals surface area contributed by atoms with Gasteiger partial charge in [-0.05, 0) is 19.3 Å². The summed E-state index contributed by atoms with van der Waals surface area (Å²) in [5.74, 6) is -1.40. The summed E-state index contributed by atoms with van der Waals surface area (Å²) >= 11 is 0. The summed E-state index contributed by atoms with van der Waals surface area (Å²) in [7, 11) is 1.23. The van der Waals surface area contributed by atoms with Crippen molar-refractivity contribution in [3.8, 4) is 0 Å². The number of nitrogens with one attached hydrogen (secondary N) is 2. The average Bonchev–Trinajstić information content (AvgIpc) is 2.41. The van der Waals surface area contributed by atoms with Crippen LogP contribution in [0.2, 0.25) is 0 Å². The smallest absolute Gasteiger partial charge is 0.326 e. The number of rotatable bonds is 8. The molecule has 0 aromatic rings. The van der Waals surface area contributed by atoms with E-state index in [9.17, 15) is 14.4 Å². The van der Waals surface area contributed by atoms with Crippen LogP contribution in [0.15, 0.2) is 0 Å². The van der Waals surface area contributed by atoms with Gasteiger partial charge in [0, 0.05) is 12.5 Å². The minimum absolute atomic E-state index is 0.00681. The highest BCUT2D eigenvalue weighted by molar-refractivity contribution is 5.83. The number of esters is 1. The molecule has 0 aromatic heterocycles. The van der Waals surface area contributed by atoms with Crippen molar-refractivity contribution in [2.45, 2.75) is 52.1 Å². The minimum atomic E-state index is -1.18. The van der Waals surface area contributed by atoms with Crippen LogP contribution in [0.4, 0.5) is 4.79 Å². The molecule has 0 heterocycles. The molecule has 0 aliphatic carbocycles. The van der Waals surface area contributed by atoms with E-state index in [1.165, 1.54) is 7.11 Å². The van der Waals surface area contributed by atoms with Crippen molar-refractivity contribution in [3.05, 3.63) is 0 Å². The Morgan fingerprint density at radius 3 is 2.25 bits per heavy atom. The number of hydrogen-bond acceptors (Lipinski definition) is 4. The summed E-state index contributed by atoms with van der Waals surface area (Å²) in [6.45, 7) is 5.87. The molecule has 2 unspecified atom stereocenters. The SMILES string of the molecule is CCC(C)C(C)NC(=O)N[C@@H](CCC(=O)OC)C(=O)O. The lowest BCUT2D eigenvalue weighted by atomic mass is 10.0. The number of carbonyl (C=O) groups is 3. The van der Waals surface area contributed by atoms with Gasteiger partial charge in [0.25, 0.3) is 0 Å². The molecule has 0 aliphatic heterocycles. The van der Waals surface area contributed by atoms with Crippen LogP contribution in [0.3, 0.4) is 0 Å². The van der Waals surface area contributed by atoms with E-state index < -0.39 is 24.0 Å². The molecule has 3 N–H and O–H groups in total. The molecule has 0 spiro atoms. The zero-order valence-corrected chi connectivity index (χ0v) is 12.4. The molecule has 0 saturated heterocycles. The molecule has 0 saturated carbocycles. The highest BCUT2D eigenvalue weighted by Crippen LogP contribution is 2.06. The molecular weight excluding hydrogens is 264 g/mol. The highest BCUT2D eigenvalue weighted by Gasteiger charge is 2.22. The van der Waals surface area contributed by atoms with Crippen LogP contribution in [0.25, 0.3) is 0 Å². The van der Waals surface area contributed by atoms with Crippen LogP contribution >= 0.6 is 0 Å². The van der Waals surface area contributed by atoms with E-state index in [-0.39, 0.29) is 18.9 Å². The molecular formula is C13H24N2O5. The normalized spacial score (nSPS) is 14.8. The molecule has 0 bridgehead atoms. The molecule has 2 amide bonds. The third kappa shape index (κ3) is 6.96. The van der Waals surface area contributed by atoms with Crippen molar-refractivity contribution in [3.63, 3.8) is 0 Å². The predicted molar refractivity (Wildman–Crippen MR) is 73.3 cm³/mol. The summed E-state index contributed by atoms with van der Waals surface area (Å²) in [5.41, 5.74) is 0. The second-order valence-electron chi connectivity index (χ2n) is 4.80. The summed E-state index contributed by atoms with van der Waals surface area (Å²) in [6, 6.07) is -1.72. The van der Waals surface area contributed by atoms with Crippen LogP contribution in [0.1, 0.15) is 40.0 Å². The Balaban J connectivity index is 4.34. The van der Waals surface area contributed by atoms with Crippen molar-refractivity contribution in [2.75, 3.05) is 7.11 Å². The first kappa shape index (κ1) is 18.2. The van der Waals surface area contributed by atoms with Crippen molar-refractivity contribution in [1.29, 1.82) is 0 Å². The van der Waals surface area contributed by atoms with Gasteiger partial charge in [0.1, 0.15) is 6.04 Å². The fourth-order valence-corrected chi connectivity index (χ4v) is 1.52. The van der Waals surface area contributed by atoms with Gasteiger partial charge in [-0.15, -0.1) is 0 Å². The van der Waals surface area contributed by atoms with E-state index in [1.807, 2.05) is 20.8 Å². The second-order valence-corrected chi connectivity index (χ2v) is 4.80. The summed E-state index contributed by atoms with van der Waals surface area (Å²) < 4.78 is 4.44. The molecule has 0 aromatic carbocycles. The Labute approximate surface area is 119 Å². The molecule has 0 rings (SSSR count). The number of methoxy groups -OCH3 is 1. The van der Waals surface area contributed by atoms with Crippen LogP contribution in [0.5, 0.6) is 0 Å². The molecule has 0 aliphatic rings. The number of hydrogen-bond donors (Lipinski definition) is 3. The second kappa shape index (κ2) is 9.17. The van der Waals surface area contributed by atoms with E-state index in [0.29, 0.717) is 5.92 Å². The van der Waals surface area contributed by atoms with Gasteiger partial charge in [0.05, 0.1) is 7.11 Å². The van der Waals surface area contributed by atoms with Crippen molar-refractivity contribution < 1.29 is 24.2 Å². The first-order chi connectivity index (χ1) is 9.31. The summed E-state index contributed by atoms with van der Waals surface area (Å²) in [6.07, 6.45) is 0.841. The quantitative estimate of drug-likeness (QED) is 0.581. The van der Waals surface area contributed by atoms with Gasteiger partial charge in [-0.2, -0.15) is 0 Å². The van der Waals surface area contributed by atoms with Gasteiger partial charge in [0.2, 0.25) is 0 Å². The lowest BCUT2D eigenvalue weighted by Gasteiger charge is -2.21. The number of aliphatic carboxylic acids is 1. The average molecular weight is 288 g/mol. The monoisotopic (exact) mass is 288 g/mol. The molecule has 20 heavy (non-hydrogen) atoms. The molecule has 0 radical (unpaired) electrons. The van der Waals surface area contributed by atoms with Crippen LogP contribution in [-0.4, -0.2) is 42.3 Å². The zero-order chi connectivity index (χ0) is 15.7. The molecule has 0 fully saturated rings. The van der Waals surface area contributed by atoms with Gasteiger partial charge in [-0.3, -0.25) is 4.79 Å². The van der Waals surface area contributed by atoms with E-state index >= 15 is 0 Å². The number of carboxylic acids is 1. The molecule has 7 nitrogen and oxygen atoms in total. The van der Waals surface area contributed by atoms with Crippen molar-refractivity contribution in [1.82, 2.24) is 10.6 Å². The number of urea groups is 1. The van der Waals surface area contributed by atoms with Crippen LogP contribution < -0.4 is 10.6 Å². The summed E-state index contributed by atoms with van der Waals surface area (Å²) in [5, 5.41) is 14.0. The Hall–Kier alpha value is -1.79. The maximum absolute atomic E-state index is 11.7. The maximum Gasteiger partial charge on any atom is 0.326 e. The highest BCUT2D eigenvalue weighted by atomic mass is 16.5. The summed E-state index contributed by atoms with van der Waals surface area (Å²) in [4.78, 5) is 33.7. The number of ether oxygens (including phenoxy) is 1. The standard InChI is InChI=1S/C13H24N2O5/c1-5-8(2)9(3)14-13(19)15-10(12(17)18)6-7-11(16)20-4/h8-10H,5-7H2,1-4H3,(H,17,18)(H2,14,15,19)/t8?,9?,10-/m0/s1. The largest absolute Gasteiger partial charge is 0.480 e. The Morgan fingerprint density at radius 1 is 1.20 bits per heavy atom. The number of carboxylic acid groups (broad SMARTS) is 1. The number of amides is 2. The predicted octanol–water partition coefficient (Wildman–Crippen LogP) is 1.13. The number of carbonyl (C=O) groups excluding carboxylic acids is 2. The fraction of sp³-hybridized carbons (Fsp3) is 0.769. The van der Waals surface area contributed by atoms with Gasteiger partial charge >= 0.3 is 18.0 Å². The van der Waals surface area contributed by atoms with E-state index in [4.69, 9.17) is 5.11 Å². The van der Waals surface area contributed by atoms with Crippen LogP contribution in [0, 0.1) is 5.92 Å². The molecule has 116 valence electrons. The van der Waals surface area contributed by atoms with Gasteiger partial charge in [0.15, 0.2) is 0 Å². The molecule has 3 atom stereocenters. The van der Waals surface area contributed by atoms with Gasteiger partial charge in [-0.1, -0.05) is 20.3 Å². The van der Waals surface area contributed by atoms with E-state index in [1.54, 1.807) is 0 Å². The Bertz CT molecular complexity index is 346. The Kier molecular flexibility index (Phi) is 8.35. The third-order valence-corrected chi connectivity index (χ3v) is 3.32. The van der Waals surface area contributed by atoms with Crippen molar-refractivity contribution >= 4 is 18.0 Å². The zero-order valence-electron chi connectivity index (χ0n) is 12.4. The van der Waals surface area contributed by atoms with E-state index in [0.717, 1.165) is 6.42 Å². The minimum Gasteiger partial charge on any atom is -0.480 e. The molecule has 7 heteroatoms. The first-order valence-corrected chi connectivity index (χ1v) is 6.68. The van der Waals surface area contributed by atoms with E-state index in [2.05, 4.69) is 15.4 Å². The maximum atomic E-state index is 11.7. The van der Waals surface area contributed by atoms with Gasteiger partial charge in [-0.25, -0.2) is 9.59 Å². The fourth-order valence-electron chi connectivity index (χ4n) is 1.52.